The lowest BCUT2D eigenvalue weighted by molar-refractivity contribution is 0.0775. The number of pyridine rings is 1. The van der Waals surface area contributed by atoms with Crippen molar-refractivity contribution in [3.63, 3.8) is 0 Å². The van der Waals surface area contributed by atoms with Crippen molar-refractivity contribution in [1.29, 1.82) is 0 Å². The van der Waals surface area contributed by atoms with Crippen LogP contribution in [0.1, 0.15) is 26.5 Å². The van der Waals surface area contributed by atoms with Gasteiger partial charge in [0.2, 0.25) is 5.43 Å². The summed E-state index contributed by atoms with van der Waals surface area (Å²) >= 11 is 0. The van der Waals surface area contributed by atoms with E-state index in [4.69, 9.17) is 5.73 Å². The Bertz CT molecular complexity index is 814. The average Bonchev–Trinajstić information content (AvgIpc) is 2.51. The van der Waals surface area contributed by atoms with Gasteiger partial charge in [-0.1, -0.05) is 12.1 Å². The summed E-state index contributed by atoms with van der Waals surface area (Å²) in [5, 5.41) is 9.73. The third kappa shape index (κ3) is 3.54. The summed E-state index contributed by atoms with van der Waals surface area (Å²) in [4.78, 5) is 38.6. The number of aromatic amines is 1. The lowest BCUT2D eigenvalue weighted by Gasteiger charge is -2.18. The van der Waals surface area contributed by atoms with Gasteiger partial charge in [0.05, 0.1) is 0 Å². The number of hydrogen-bond acceptors (Lipinski definition) is 4. The molecule has 0 spiro atoms. The Balaban J connectivity index is 2.30. The van der Waals surface area contributed by atoms with E-state index in [1.165, 1.54) is 36.2 Å². The molecular weight excluding hydrogens is 305 g/mol. The molecule has 0 unspecified atom stereocenters. The first kappa shape index (κ1) is 16.2. The lowest BCUT2D eigenvalue weighted by Crippen LogP contribution is -2.29. The molecule has 0 radical (unpaired) electrons. The van der Waals surface area contributed by atoms with Crippen LogP contribution < -0.4 is 11.2 Å². The molecule has 0 atom stereocenters. The molecule has 0 aliphatic rings. The fraction of sp³-hybridized carbons (Fsp3) is 0.133. The van der Waals surface area contributed by atoms with Gasteiger partial charge in [-0.25, -0.2) is 4.39 Å². The van der Waals surface area contributed by atoms with Gasteiger partial charge in [-0.05, 0) is 17.7 Å². The number of nitrogens with one attached hydrogen (secondary N) is 1. The molecular formula is C15H14FN3O4. The Morgan fingerprint density at radius 1 is 1.30 bits per heavy atom. The number of nitrogens with zero attached hydrogens (tertiary/aromatic N) is 1. The number of carbonyl (C=O) groups is 2. The minimum atomic E-state index is -0.933. The number of aromatic hydroxyl groups is 1. The highest BCUT2D eigenvalue weighted by Gasteiger charge is 2.21. The third-order valence-electron chi connectivity index (χ3n) is 3.16. The molecule has 2 amide bonds. The molecule has 0 aliphatic heterocycles. The minimum Gasteiger partial charge on any atom is -0.503 e. The summed E-state index contributed by atoms with van der Waals surface area (Å²) in [6, 6.07) is 6.32. The van der Waals surface area contributed by atoms with Crippen LogP contribution in [0.2, 0.25) is 0 Å². The van der Waals surface area contributed by atoms with E-state index in [0.717, 1.165) is 6.07 Å². The SMILES string of the molecule is CN(Cc1ccc(F)cc1)C(=O)c1[nH]c(C(N)=O)cc(=O)c1O. The molecule has 2 rings (SSSR count). The molecule has 1 heterocycles. The van der Waals surface area contributed by atoms with E-state index in [2.05, 4.69) is 4.98 Å². The second-order valence-corrected chi connectivity index (χ2v) is 4.92. The molecule has 23 heavy (non-hydrogen) atoms. The largest absolute Gasteiger partial charge is 0.503 e. The Morgan fingerprint density at radius 3 is 2.48 bits per heavy atom. The van der Waals surface area contributed by atoms with E-state index in [9.17, 15) is 23.9 Å². The van der Waals surface area contributed by atoms with Gasteiger partial charge >= 0.3 is 0 Å². The van der Waals surface area contributed by atoms with Crippen molar-refractivity contribution in [2.24, 2.45) is 5.73 Å². The van der Waals surface area contributed by atoms with Crippen molar-refractivity contribution >= 4 is 11.8 Å². The summed E-state index contributed by atoms with van der Waals surface area (Å²) < 4.78 is 12.9. The molecule has 2 aromatic rings. The molecule has 8 heteroatoms. The fourth-order valence-corrected chi connectivity index (χ4v) is 1.97. The van der Waals surface area contributed by atoms with Crippen molar-refractivity contribution in [3.8, 4) is 5.75 Å². The van der Waals surface area contributed by atoms with Crippen molar-refractivity contribution < 1.29 is 19.1 Å². The van der Waals surface area contributed by atoms with Crippen molar-refractivity contribution in [1.82, 2.24) is 9.88 Å². The molecule has 4 N–H and O–H groups in total. The van der Waals surface area contributed by atoms with Gasteiger partial charge in [0.15, 0.2) is 11.4 Å². The Kier molecular flexibility index (Phi) is 4.44. The van der Waals surface area contributed by atoms with Gasteiger partial charge in [-0.15, -0.1) is 0 Å². The molecule has 0 saturated heterocycles. The summed E-state index contributed by atoms with van der Waals surface area (Å²) in [6.07, 6.45) is 0. The van der Waals surface area contributed by atoms with Crippen LogP contribution >= 0.6 is 0 Å². The first-order chi connectivity index (χ1) is 10.8. The van der Waals surface area contributed by atoms with Gasteiger partial charge in [-0.2, -0.15) is 0 Å². The highest BCUT2D eigenvalue weighted by molar-refractivity contribution is 5.97. The Morgan fingerprint density at radius 2 is 1.91 bits per heavy atom. The summed E-state index contributed by atoms with van der Waals surface area (Å²) in [5.74, 6) is -2.85. The second kappa shape index (κ2) is 6.30. The Hall–Kier alpha value is -3.16. The number of amides is 2. The number of nitrogens with two attached hydrogens (primary N) is 1. The smallest absolute Gasteiger partial charge is 0.274 e. The first-order valence-electron chi connectivity index (χ1n) is 6.55. The molecule has 7 nitrogen and oxygen atoms in total. The highest BCUT2D eigenvalue weighted by atomic mass is 19.1. The van der Waals surface area contributed by atoms with E-state index < -0.39 is 34.5 Å². The molecule has 1 aromatic carbocycles. The van der Waals surface area contributed by atoms with Gasteiger partial charge in [0, 0.05) is 19.7 Å². The highest BCUT2D eigenvalue weighted by Crippen LogP contribution is 2.14. The quantitative estimate of drug-likeness (QED) is 0.764. The number of hydrogen-bond donors (Lipinski definition) is 3. The zero-order valence-corrected chi connectivity index (χ0v) is 12.2. The summed E-state index contributed by atoms with van der Waals surface area (Å²) in [7, 11) is 1.43. The zero-order valence-electron chi connectivity index (χ0n) is 12.2. The van der Waals surface area contributed by atoms with Crippen LogP contribution in [-0.2, 0) is 6.54 Å². The predicted octanol–water partition coefficient (Wildman–Crippen LogP) is 0.591. The number of rotatable bonds is 4. The lowest BCUT2D eigenvalue weighted by atomic mass is 10.2. The van der Waals surface area contributed by atoms with Crippen LogP contribution in [0, 0.1) is 5.82 Å². The summed E-state index contributed by atoms with van der Waals surface area (Å²) in [6.45, 7) is 0.112. The number of aromatic nitrogens is 1. The normalized spacial score (nSPS) is 10.3. The third-order valence-corrected chi connectivity index (χ3v) is 3.16. The van der Waals surface area contributed by atoms with Crippen molar-refractivity contribution in [3.05, 3.63) is 63.3 Å². The Labute approximate surface area is 130 Å². The number of carbonyl (C=O) groups excluding carboxylic acids is 2. The maximum atomic E-state index is 12.9. The first-order valence-corrected chi connectivity index (χ1v) is 6.55. The predicted molar refractivity (Wildman–Crippen MR) is 79.4 cm³/mol. The monoisotopic (exact) mass is 319 g/mol. The maximum Gasteiger partial charge on any atom is 0.274 e. The minimum absolute atomic E-state index is 0.112. The van der Waals surface area contributed by atoms with E-state index in [-0.39, 0.29) is 12.2 Å². The van der Waals surface area contributed by atoms with Gasteiger partial charge in [0.1, 0.15) is 11.5 Å². The van der Waals surface area contributed by atoms with E-state index in [1.54, 1.807) is 0 Å². The molecule has 120 valence electrons. The van der Waals surface area contributed by atoms with Gasteiger partial charge in [-0.3, -0.25) is 14.4 Å². The van der Waals surface area contributed by atoms with Crippen molar-refractivity contribution in [2.45, 2.75) is 6.54 Å². The van der Waals surface area contributed by atoms with E-state index in [1.807, 2.05) is 0 Å². The molecule has 0 saturated carbocycles. The fourth-order valence-electron chi connectivity index (χ4n) is 1.97. The molecule has 0 bridgehead atoms. The second-order valence-electron chi connectivity index (χ2n) is 4.92. The molecule has 0 fully saturated rings. The van der Waals surface area contributed by atoms with Gasteiger partial charge < -0.3 is 20.7 Å². The number of halogens is 1. The van der Waals surface area contributed by atoms with Crippen LogP contribution in [-0.4, -0.2) is 33.9 Å². The standard InChI is InChI=1S/C15H14FN3O4/c1-19(7-8-2-4-9(16)5-3-8)15(23)12-13(21)11(20)6-10(18-12)14(17)22/h2-6,21H,7H2,1H3,(H2,17,22)(H,18,20). The molecule has 1 aromatic heterocycles. The van der Waals surface area contributed by atoms with Crippen LogP contribution in [0.5, 0.6) is 5.75 Å². The van der Waals surface area contributed by atoms with Crippen molar-refractivity contribution in [2.75, 3.05) is 7.05 Å². The summed E-state index contributed by atoms with van der Waals surface area (Å²) in [5.41, 5.74) is 4.10. The van der Waals surface area contributed by atoms with Crippen LogP contribution in [0.3, 0.4) is 0 Å². The van der Waals surface area contributed by atoms with E-state index >= 15 is 0 Å². The number of primary amides is 1. The maximum absolute atomic E-state index is 12.9. The zero-order chi connectivity index (χ0) is 17.1. The average molecular weight is 319 g/mol. The number of benzene rings is 1. The molecule has 0 aliphatic carbocycles. The van der Waals surface area contributed by atoms with Crippen LogP contribution in [0.4, 0.5) is 4.39 Å². The van der Waals surface area contributed by atoms with Crippen LogP contribution in [0.15, 0.2) is 35.1 Å². The topological polar surface area (TPSA) is 116 Å². The number of H-pyrrole nitrogens is 1. The van der Waals surface area contributed by atoms with Crippen LogP contribution in [0.25, 0.3) is 0 Å². The van der Waals surface area contributed by atoms with E-state index in [0.29, 0.717) is 5.56 Å². The van der Waals surface area contributed by atoms with Gasteiger partial charge in [0.25, 0.3) is 11.8 Å².